The van der Waals surface area contributed by atoms with Gasteiger partial charge in [-0.05, 0) is 165 Å². The summed E-state index contributed by atoms with van der Waals surface area (Å²) >= 11 is 0. The molecule has 2 unspecified atom stereocenters. The van der Waals surface area contributed by atoms with Crippen LogP contribution in [0.5, 0.6) is 0 Å². The van der Waals surface area contributed by atoms with Crippen molar-refractivity contribution in [3.05, 3.63) is 174 Å². The lowest BCUT2D eigenvalue weighted by Gasteiger charge is -2.37. The molecule has 3 aliphatic heterocycles. The molecule has 19 heteroatoms. The Bertz CT molecular complexity index is 3180. The molecule has 0 spiro atoms. The van der Waals surface area contributed by atoms with E-state index in [0.717, 1.165) is 141 Å². The van der Waals surface area contributed by atoms with Crippen molar-refractivity contribution in [3.8, 4) is 11.1 Å². The third-order valence-electron chi connectivity index (χ3n) is 17.0. The molecule has 7 aromatic rings. The van der Waals surface area contributed by atoms with Crippen LogP contribution in [0.4, 0.5) is 40.3 Å². The predicted octanol–water partition coefficient (Wildman–Crippen LogP) is 9.86. The quantitative estimate of drug-likeness (QED) is 0.0662. The summed E-state index contributed by atoms with van der Waals surface area (Å²) in [7, 11) is -0.313. The van der Waals surface area contributed by atoms with E-state index in [4.69, 9.17) is 9.31 Å². The van der Waals surface area contributed by atoms with E-state index in [-0.39, 0.29) is 38.0 Å². The maximum Gasteiger partial charge on any atom is 0.494 e. The monoisotopic (exact) mass is 1110 g/mol. The Morgan fingerprint density at radius 1 is 0.605 bits per heavy atom. The minimum absolute atomic E-state index is 0. The number of aliphatic hydroxyl groups excluding tert-OH is 2. The number of tetrazole rings is 1. The minimum atomic E-state index is -4.14. The van der Waals surface area contributed by atoms with Crippen LogP contribution in [-0.4, -0.2) is 111 Å². The summed E-state index contributed by atoms with van der Waals surface area (Å²) in [6.45, 7) is 14.7. The van der Waals surface area contributed by atoms with Gasteiger partial charge in [-0.2, -0.15) is 8.78 Å². The Balaban J connectivity index is 0.000000194. The van der Waals surface area contributed by atoms with Crippen LogP contribution in [0.3, 0.4) is 0 Å². The normalized spacial score (nSPS) is 19.5. The first-order valence-corrected chi connectivity index (χ1v) is 27.7. The second kappa shape index (κ2) is 23.2. The van der Waals surface area contributed by atoms with E-state index in [2.05, 4.69) is 128 Å². The van der Waals surface area contributed by atoms with Crippen molar-refractivity contribution in [2.24, 2.45) is 11.8 Å². The van der Waals surface area contributed by atoms with E-state index in [0.29, 0.717) is 23.5 Å². The average molecular weight is 1110 g/mol. The van der Waals surface area contributed by atoms with Gasteiger partial charge < -0.3 is 44.2 Å². The van der Waals surface area contributed by atoms with E-state index in [1.807, 2.05) is 36.4 Å². The molecule has 3 N–H and O–H groups in total. The number of rotatable bonds is 15. The first-order chi connectivity index (χ1) is 38.4. The molecule has 12 rings (SSSR count). The lowest BCUT2D eigenvalue weighted by molar-refractivity contribution is -0.207. The smallest absolute Gasteiger partial charge is 0.399 e. The molecule has 81 heavy (non-hydrogen) atoms. The molecule has 5 aliphatic rings. The summed E-state index contributed by atoms with van der Waals surface area (Å²) in [5.41, 5.74) is 3.59. The summed E-state index contributed by atoms with van der Waals surface area (Å²) in [5.74, 6) is -5.59. The van der Waals surface area contributed by atoms with Crippen LogP contribution in [0.2, 0.25) is 0 Å². The second-order valence-corrected chi connectivity index (χ2v) is 22.9. The molecule has 2 aliphatic carbocycles. The van der Waals surface area contributed by atoms with Crippen LogP contribution in [0.15, 0.2) is 140 Å². The summed E-state index contributed by atoms with van der Waals surface area (Å²) in [5, 5.41) is 42.4. The Kier molecular flexibility index (Phi) is 16.4. The molecule has 5 heterocycles. The van der Waals surface area contributed by atoms with Crippen LogP contribution in [0.25, 0.3) is 11.1 Å². The third kappa shape index (κ3) is 12.2. The number of hydrogen-bond acceptors (Lipinski definition) is 13. The highest BCUT2D eigenvalue weighted by Gasteiger charge is 2.58. The van der Waals surface area contributed by atoms with Crippen molar-refractivity contribution >= 4 is 35.3 Å². The maximum atomic E-state index is 16.1. The summed E-state index contributed by atoms with van der Waals surface area (Å²) in [4.78, 5) is 13.5. The van der Waals surface area contributed by atoms with Gasteiger partial charge in [0.05, 0.1) is 30.0 Å². The minimum Gasteiger partial charge on any atom is -0.399 e. The number of anilines is 4. The molecular weight excluding hydrogens is 1040 g/mol. The number of benzene rings is 5. The topological polar surface area (TPSA) is 149 Å². The van der Waals surface area contributed by atoms with Gasteiger partial charge in [0.25, 0.3) is 0 Å². The van der Waals surface area contributed by atoms with Crippen LogP contribution in [0, 0.1) is 23.5 Å². The van der Waals surface area contributed by atoms with Gasteiger partial charge in [0.1, 0.15) is 23.7 Å². The molecule has 0 bridgehead atoms. The number of hydrogen-bond donors (Lipinski definition) is 3. The fraction of sp³-hybridized carbons (Fsp3) is 0.419. The highest BCUT2D eigenvalue weighted by atomic mass is 19.3. The molecule has 0 radical (unpaired) electrons. The van der Waals surface area contributed by atoms with Crippen molar-refractivity contribution in [3.63, 3.8) is 0 Å². The van der Waals surface area contributed by atoms with Gasteiger partial charge >= 0.3 is 13.0 Å². The van der Waals surface area contributed by atoms with Crippen LogP contribution >= 0.6 is 0 Å². The van der Waals surface area contributed by atoms with E-state index >= 15 is 8.78 Å². The average Bonchev–Trinajstić information content (AvgIpc) is 4.30. The molecular formula is C62H72BF4N9O5. The SMILES string of the molecule is C.CC1(C)OB(c2ccc(N3CCN(c4ccc(C(O)C5CC5)cc4)CC3)cc2)OC1(C)C.OC(c1ccc(N2CCN(c3ccc(-c4ccc(C(F)(F)[C@](O)(Cn5cnnn5)c5ccc(F)cc5F)nc4)cc3)CC2)cc1)C1CC1. The van der Waals surface area contributed by atoms with Gasteiger partial charge in [-0.25, -0.2) is 13.5 Å². The second-order valence-electron chi connectivity index (χ2n) is 22.9. The van der Waals surface area contributed by atoms with Crippen molar-refractivity contribution in [1.82, 2.24) is 25.2 Å². The Hall–Kier alpha value is -6.90. The standard InChI is InChI=1S/C35H33F4N7O2.C26H35BN2O3.CH4/c36-27-8-13-30(31(37)19-27)34(48,21-46-22-41-42-43-46)35(38,39)32-14-7-26(20-40-32)23-3-9-28(10-4-23)44-15-17-45(18-16-44)29-11-5-25(6-12-29)33(47)24-1-2-24;1-25(2)26(3,4)32-27(31-25)21-9-13-23(14-10-21)29-17-15-28(16-18-29)22-11-7-20(8-12-22)24(30)19-5-6-19;/h3-14,19-20,22,24,33,47-48H,1-2,15-18,21H2;7-14,19,24,30H,5-6,15-18H2,1-4H3;1H4/t33?,34-;;/m0../s1. The van der Waals surface area contributed by atoms with Crippen molar-refractivity contribution in [2.45, 2.75) is 102 Å². The Morgan fingerprint density at radius 2 is 1.04 bits per heavy atom. The van der Waals surface area contributed by atoms with E-state index in [1.165, 1.54) is 23.6 Å². The molecule has 3 atom stereocenters. The summed E-state index contributed by atoms with van der Waals surface area (Å²) < 4.78 is 73.8. The van der Waals surface area contributed by atoms with Crippen molar-refractivity contribution in [2.75, 3.05) is 72.0 Å². The molecule has 2 aromatic heterocycles. The van der Waals surface area contributed by atoms with Gasteiger partial charge in [-0.3, -0.25) is 4.98 Å². The van der Waals surface area contributed by atoms with Crippen molar-refractivity contribution in [1.29, 1.82) is 0 Å². The van der Waals surface area contributed by atoms with Gasteiger partial charge in [-0.1, -0.05) is 62.0 Å². The lowest BCUT2D eigenvalue weighted by atomic mass is 9.79. The summed E-state index contributed by atoms with van der Waals surface area (Å²) in [6.07, 6.45) is 6.10. The number of alkyl halides is 2. The molecule has 5 aromatic carbocycles. The van der Waals surface area contributed by atoms with Crippen LogP contribution in [0.1, 0.15) is 95.4 Å². The van der Waals surface area contributed by atoms with E-state index < -0.39 is 41.0 Å². The zero-order valence-electron chi connectivity index (χ0n) is 45.6. The number of pyridine rings is 1. The van der Waals surface area contributed by atoms with Gasteiger partial charge in [0, 0.05) is 98.5 Å². The number of aliphatic hydroxyl groups is 3. The molecule has 3 saturated heterocycles. The first-order valence-electron chi connectivity index (χ1n) is 27.7. The molecule has 2 saturated carbocycles. The zero-order chi connectivity index (χ0) is 56.0. The lowest BCUT2D eigenvalue weighted by Crippen LogP contribution is -2.48. The number of nitrogens with zero attached hydrogens (tertiary/aromatic N) is 9. The Morgan fingerprint density at radius 3 is 1.43 bits per heavy atom. The number of halogens is 4. The molecule has 14 nitrogen and oxygen atoms in total. The van der Waals surface area contributed by atoms with Gasteiger partial charge in [-0.15, -0.1) is 5.10 Å². The fourth-order valence-electron chi connectivity index (χ4n) is 10.9. The van der Waals surface area contributed by atoms with Crippen LogP contribution < -0.4 is 25.1 Å². The Labute approximate surface area is 472 Å². The number of piperazine rings is 2. The molecule has 5 fully saturated rings. The van der Waals surface area contributed by atoms with E-state index in [1.54, 1.807) is 0 Å². The fourth-order valence-corrected chi connectivity index (χ4v) is 10.9. The maximum absolute atomic E-state index is 16.1. The highest BCUT2D eigenvalue weighted by Crippen LogP contribution is 2.47. The van der Waals surface area contributed by atoms with Gasteiger partial charge in [0.15, 0.2) is 5.60 Å². The van der Waals surface area contributed by atoms with Crippen molar-refractivity contribution < 1.29 is 42.2 Å². The van der Waals surface area contributed by atoms with Gasteiger partial charge in [0.2, 0.25) is 0 Å². The molecule has 426 valence electrons. The first kappa shape index (κ1) is 57.3. The predicted molar refractivity (Wildman–Crippen MR) is 308 cm³/mol. The largest absolute Gasteiger partial charge is 0.494 e. The summed E-state index contributed by atoms with van der Waals surface area (Å²) in [6, 6.07) is 37.6. The van der Waals surface area contributed by atoms with Crippen LogP contribution in [-0.2, 0) is 27.4 Å². The third-order valence-corrected chi connectivity index (χ3v) is 17.0. The van der Waals surface area contributed by atoms with E-state index in [9.17, 15) is 24.1 Å². The highest BCUT2D eigenvalue weighted by molar-refractivity contribution is 6.62. The number of aromatic nitrogens is 5. The zero-order valence-corrected chi connectivity index (χ0v) is 45.6. The molecule has 0 amide bonds.